The zero-order valence-electron chi connectivity index (χ0n) is 15.1. The molecule has 2 rings (SSSR count). The van der Waals surface area contributed by atoms with Crippen LogP contribution in [-0.2, 0) is 22.4 Å². The summed E-state index contributed by atoms with van der Waals surface area (Å²) in [5, 5.41) is 19.3. The molecule has 0 bridgehead atoms. The number of carbonyl (C=O) groups is 1. The summed E-state index contributed by atoms with van der Waals surface area (Å²) in [6.07, 6.45) is 1.28. The number of pyridine rings is 1. The summed E-state index contributed by atoms with van der Waals surface area (Å²) >= 11 is 0. The van der Waals surface area contributed by atoms with Gasteiger partial charge in [-0.15, -0.1) is 0 Å². The average Bonchev–Trinajstić information content (AvgIpc) is 2.66. The van der Waals surface area contributed by atoms with Crippen LogP contribution >= 0.6 is 0 Å². The molecule has 0 fully saturated rings. The van der Waals surface area contributed by atoms with Crippen LogP contribution in [0.25, 0.3) is 0 Å². The number of hydrogen-bond acceptors (Lipinski definition) is 5. The molecule has 2 aromatic rings. The second kappa shape index (κ2) is 9.89. The minimum absolute atomic E-state index is 0.0918. The Bertz CT molecular complexity index is 684. The van der Waals surface area contributed by atoms with E-state index >= 15 is 0 Å². The van der Waals surface area contributed by atoms with Crippen LogP contribution in [0.1, 0.15) is 36.8 Å². The molecule has 0 aliphatic heterocycles. The van der Waals surface area contributed by atoms with Gasteiger partial charge < -0.3 is 19.7 Å². The molecule has 1 aromatic carbocycles. The lowest BCUT2D eigenvalue weighted by Crippen LogP contribution is -2.26. The summed E-state index contributed by atoms with van der Waals surface area (Å²) in [7, 11) is 0. The van der Waals surface area contributed by atoms with E-state index in [0.29, 0.717) is 24.5 Å². The van der Waals surface area contributed by atoms with E-state index in [0.717, 1.165) is 17.5 Å². The monoisotopic (exact) mass is 359 g/mol. The Morgan fingerprint density at radius 3 is 2.35 bits per heavy atom. The smallest absolute Gasteiger partial charge is 0.333 e. The predicted molar refractivity (Wildman–Crippen MR) is 97.3 cm³/mol. The predicted octanol–water partition coefficient (Wildman–Crippen LogP) is 2.79. The summed E-state index contributed by atoms with van der Waals surface area (Å²) in [6, 6.07) is 10.8. The fourth-order valence-corrected chi connectivity index (χ4v) is 2.46. The summed E-state index contributed by atoms with van der Waals surface area (Å²) in [6.45, 7) is 4.26. The molecule has 2 atom stereocenters. The summed E-state index contributed by atoms with van der Waals surface area (Å²) in [5.74, 6) is -0.377. The van der Waals surface area contributed by atoms with Crippen LogP contribution < -0.4 is 4.74 Å². The molecule has 0 spiro atoms. The van der Waals surface area contributed by atoms with E-state index in [4.69, 9.17) is 14.6 Å². The molecule has 0 aliphatic carbocycles. The van der Waals surface area contributed by atoms with E-state index in [-0.39, 0.29) is 6.61 Å². The van der Waals surface area contributed by atoms with Gasteiger partial charge in [-0.05, 0) is 42.7 Å². The maximum absolute atomic E-state index is 11.1. The first-order valence-corrected chi connectivity index (χ1v) is 8.72. The number of ether oxygens (including phenoxy) is 2. The van der Waals surface area contributed by atoms with Gasteiger partial charge in [0.05, 0.1) is 5.69 Å². The molecule has 1 heterocycles. The van der Waals surface area contributed by atoms with Crippen LogP contribution in [0.3, 0.4) is 0 Å². The number of aliphatic hydroxyl groups is 1. The Kier molecular flexibility index (Phi) is 7.56. The number of aliphatic carboxylic acids is 1. The van der Waals surface area contributed by atoms with Crippen LogP contribution in [0.2, 0.25) is 0 Å². The van der Waals surface area contributed by atoms with Gasteiger partial charge >= 0.3 is 5.97 Å². The van der Waals surface area contributed by atoms with Crippen molar-refractivity contribution in [3.63, 3.8) is 0 Å². The van der Waals surface area contributed by atoms with E-state index in [1.807, 2.05) is 13.0 Å². The quantitative estimate of drug-likeness (QED) is 0.678. The Morgan fingerprint density at radius 1 is 1.12 bits per heavy atom. The minimum atomic E-state index is -0.975. The number of rotatable bonds is 10. The van der Waals surface area contributed by atoms with E-state index in [1.54, 1.807) is 43.5 Å². The third-order valence-corrected chi connectivity index (χ3v) is 3.99. The molecule has 26 heavy (non-hydrogen) atoms. The first-order valence-electron chi connectivity index (χ1n) is 8.72. The molecule has 1 aromatic heterocycles. The van der Waals surface area contributed by atoms with Crippen molar-refractivity contribution >= 4 is 5.97 Å². The lowest BCUT2D eigenvalue weighted by Gasteiger charge is -2.14. The van der Waals surface area contributed by atoms with Crippen molar-refractivity contribution < 1.29 is 24.5 Å². The highest BCUT2D eigenvalue weighted by Crippen LogP contribution is 2.17. The Balaban J connectivity index is 1.88. The standard InChI is InChI=1S/C20H25NO5/c1-3-14-7-10-17(21-12-14)18(22)13-26-16-8-5-15(6-9-16)11-19(20(23)24)25-4-2/h5-10,12,18-19,22H,3-4,11,13H2,1-2H3,(H,23,24)/t18-,19-/m1/s1. The lowest BCUT2D eigenvalue weighted by atomic mass is 10.1. The van der Waals surface area contributed by atoms with Crippen LogP contribution in [0.5, 0.6) is 5.75 Å². The molecule has 0 amide bonds. The van der Waals surface area contributed by atoms with Gasteiger partial charge in [0.1, 0.15) is 18.5 Å². The van der Waals surface area contributed by atoms with Crippen molar-refractivity contribution in [1.82, 2.24) is 4.98 Å². The van der Waals surface area contributed by atoms with Gasteiger partial charge in [0.2, 0.25) is 0 Å². The molecule has 0 radical (unpaired) electrons. The fraction of sp³-hybridized carbons (Fsp3) is 0.400. The van der Waals surface area contributed by atoms with Crippen molar-refractivity contribution in [2.24, 2.45) is 0 Å². The third kappa shape index (κ3) is 5.82. The first kappa shape index (κ1) is 19.9. The van der Waals surface area contributed by atoms with Gasteiger partial charge in [0.25, 0.3) is 0 Å². The Labute approximate surface area is 153 Å². The summed E-state index contributed by atoms with van der Waals surface area (Å²) < 4.78 is 10.8. The van der Waals surface area contributed by atoms with E-state index < -0.39 is 18.2 Å². The topological polar surface area (TPSA) is 88.9 Å². The molecule has 0 saturated heterocycles. The second-order valence-corrected chi connectivity index (χ2v) is 5.90. The SMILES string of the molecule is CCO[C@H](Cc1ccc(OC[C@@H](O)c2ccc(CC)cn2)cc1)C(=O)O. The largest absolute Gasteiger partial charge is 0.490 e. The number of nitrogens with zero attached hydrogens (tertiary/aromatic N) is 1. The van der Waals surface area contributed by atoms with Crippen LogP contribution in [-0.4, -0.2) is 40.5 Å². The van der Waals surface area contributed by atoms with E-state index in [2.05, 4.69) is 4.98 Å². The van der Waals surface area contributed by atoms with Gasteiger partial charge in [-0.3, -0.25) is 4.98 Å². The summed E-state index contributed by atoms with van der Waals surface area (Å²) in [4.78, 5) is 15.4. The number of carboxylic acids is 1. The minimum Gasteiger partial charge on any atom is -0.490 e. The van der Waals surface area contributed by atoms with Crippen molar-refractivity contribution in [2.45, 2.75) is 38.9 Å². The van der Waals surface area contributed by atoms with E-state index in [1.165, 1.54) is 0 Å². The van der Waals surface area contributed by atoms with Gasteiger partial charge in [-0.1, -0.05) is 25.1 Å². The Hall–Kier alpha value is -2.44. The number of benzene rings is 1. The first-order chi connectivity index (χ1) is 12.5. The zero-order chi connectivity index (χ0) is 18.9. The molecule has 6 heteroatoms. The van der Waals surface area contributed by atoms with Crippen molar-refractivity contribution in [1.29, 1.82) is 0 Å². The second-order valence-electron chi connectivity index (χ2n) is 5.90. The van der Waals surface area contributed by atoms with Crippen molar-refractivity contribution in [3.05, 3.63) is 59.4 Å². The zero-order valence-corrected chi connectivity index (χ0v) is 15.1. The highest BCUT2D eigenvalue weighted by molar-refractivity contribution is 5.72. The van der Waals surface area contributed by atoms with E-state index in [9.17, 15) is 9.90 Å². The highest BCUT2D eigenvalue weighted by atomic mass is 16.5. The third-order valence-electron chi connectivity index (χ3n) is 3.99. The van der Waals surface area contributed by atoms with Crippen molar-refractivity contribution in [2.75, 3.05) is 13.2 Å². The number of aromatic nitrogens is 1. The molecular weight excluding hydrogens is 334 g/mol. The molecule has 2 N–H and O–H groups in total. The fourth-order valence-electron chi connectivity index (χ4n) is 2.46. The van der Waals surface area contributed by atoms with Gasteiger partial charge in [0.15, 0.2) is 6.10 Å². The lowest BCUT2D eigenvalue weighted by molar-refractivity contribution is -0.149. The Morgan fingerprint density at radius 2 is 1.81 bits per heavy atom. The number of aryl methyl sites for hydroxylation is 1. The van der Waals surface area contributed by atoms with Crippen LogP contribution in [0.4, 0.5) is 0 Å². The summed E-state index contributed by atoms with van der Waals surface area (Å²) in [5.41, 5.74) is 2.53. The average molecular weight is 359 g/mol. The molecular formula is C20H25NO5. The van der Waals surface area contributed by atoms with Gasteiger partial charge in [-0.2, -0.15) is 0 Å². The normalized spacial score (nSPS) is 13.2. The number of aliphatic hydroxyl groups excluding tert-OH is 1. The molecule has 0 unspecified atom stereocenters. The number of hydrogen-bond donors (Lipinski definition) is 2. The maximum atomic E-state index is 11.1. The number of carboxylic acid groups (broad SMARTS) is 1. The molecule has 0 saturated carbocycles. The van der Waals surface area contributed by atoms with Crippen LogP contribution in [0.15, 0.2) is 42.6 Å². The highest BCUT2D eigenvalue weighted by Gasteiger charge is 2.18. The van der Waals surface area contributed by atoms with Crippen molar-refractivity contribution in [3.8, 4) is 5.75 Å². The molecule has 140 valence electrons. The van der Waals surface area contributed by atoms with Crippen LogP contribution in [0, 0.1) is 0 Å². The molecule has 0 aliphatic rings. The van der Waals surface area contributed by atoms with Gasteiger partial charge in [0, 0.05) is 19.2 Å². The van der Waals surface area contributed by atoms with Gasteiger partial charge in [-0.25, -0.2) is 4.79 Å². The maximum Gasteiger partial charge on any atom is 0.333 e. The molecule has 6 nitrogen and oxygen atoms in total.